The summed E-state index contributed by atoms with van der Waals surface area (Å²) in [6.07, 6.45) is 0.144. The standard InChI is InChI=1S/C11H22N2O5/c1-9(2)18-7-5-13(3)11(16)12-4-6-17-8-10(14)15/h9H,4-8H2,1-3H3,(H,12,16)(H,14,15). The lowest BCUT2D eigenvalue weighted by atomic mass is 10.5. The highest BCUT2D eigenvalue weighted by Crippen LogP contribution is 1.90. The van der Waals surface area contributed by atoms with E-state index in [1.165, 1.54) is 4.90 Å². The second-order valence-electron chi connectivity index (χ2n) is 4.02. The first-order valence-electron chi connectivity index (χ1n) is 5.83. The van der Waals surface area contributed by atoms with E-state index in [2.05, 4.69) is 5.32 Å². The number of carboxylic acids is 1. The monoisotopic (exact) mass is 262 g/mol. The van der Waals surface area contributed by atoms with Crippen LogP contribution in [-0.2, 0) is 14.3 Å². The van der Waals surface area contributed by atoms with Crippen molar-refractivity contribution in [3.05, 3.63) is 0 Å². The van der Waals surface area contributed by atoms with Crippen LogP contribution in [0, 0.1) is 0 Å². The Morgan fingerprint density at radius 1 is 1.33 bits per heavy atom. The Morgan fingerprint density at radius 3 is 2.56 bits per heavy atom. The molecule has 0 bridgehead atoms. The van der Waals surface area contributed by atoms with E-state index in [9.17, 15) is 9.59 Å². The summed E-state index contributed by atoms with van der Waals surface area (Å²) in [6.45, 7) is 4.95. The fourth-order valence-corrected chi connectivity index (χ4v) is 1.05. The van der Waals surface area contributed by atoms with Gasteiger partial charge in [0, 0.05) is 20.1 Å². The summed E-state index contributed by atoms with van der Waals surface area (Å²) in [4.78, 5) is 23.1. The molecule has 106 valence electrons. The minimum atomic E-state index is -1.02. The van der Waals surface area contributed by atoms with Gasteiger partial charge in [0.25, 0.3) is 0 Å². The van der Waals surface area contributed by atoms with Gasteiger partial charge >= 0.3 is 12.0 Å². The van der Waals surface area contributed by atoms with E-state index >= 15 is 0 Å². The molecule has 0 atom stereocenters. The van der Waals surface area contributed by atoms with Gasteiger partial charge in [0.2, 0.25) is 0 Å². The van der Waals surface area contributed by atoms with E-state index in [1.807, 2.05) is 13.8 Å². The Balaban J connectivity index is 3.52. The van der Waals surface area contributed by atoms with Crippen molar-refractivity contribution in [3.8, 4) is 0 Å². The van der Waals surface area contributed by atoms with E-state index in [0.717, 1.165) is 0 Å². The molecule has 0 saturated heterocycles. The maximum Gasteiger partial charge on any atom is 0.329 e. The highest BCUT2D eigenvalue weighted by atomic mass is 16.5. The molecule has 0 aromatic rings. The Labute approximate surface area is 107 Å². The van der Waals surface area contributed by atoms with Crippen LogP contribution in [0.25, 0.3) is 0 Å². The number of rotatable bonds is 9. The van der Waals surface area contributed by atoms with Crippen LogP contribution < -0.4 is 5.32 Å². The van der Waals surface area contributed by atoms with Crippen molar-refractivity contribution in [2.45, 2.75) is 20.0 Å². The summed E-state index contributed by atoms with van der Waals surface area (Å²) in [5, 5.41) is 10.9. The number of carbonyl (C=O) groups excluding carboxylic acids is 1. The molecular formula is C11H22N2O5. The molecule has 0 spiro atoms. The summed E-state index contributed by atoms with van der Waals surface area (Å²) in [7, 11) is 1.66. The van der Waals surface area contributed by atoms with Gasteiger partial charge in [0.1, 0.15) is 6.61 Å². The fourth-order valence-electron chi connectivity index (χ4n) is 1.05. The third kappa shape index (κ3) is 9.86. The summed E-state index contributed by atoms with van der Waals surface area (Å²) in [5.74, 6) is -1.02. The minimum Gasteiger partial charge on any atom is -0.480 e. The Morgan fingerprint density at radius 2 is 2.00 bits per heavy atom. The number of urea groups is 1. The minimum absolute atomic E-state index is 0.144. The summed E-state index contributed by atoms with van der Waals surface area (Å²) in [6, 6.07) is -0.235. The van der Waals surface area contributed by atoms with Crippen molar-refractivity contribution in [1.29, 1.82) is 0 Å². The molecule has 0 heterocycles. The number of hydrogen-bond acceptors (Lipinski definition) is 4. The van der Waals surface area contributed by atoms with Gasteiger partial charge in [0.05, 0.1) is 19.3 Å². The van der Waals surface area contributed by atoms with Crippen LogP contribution in [0.2, 0.25) is 0 Å². The first kappa shape index (κ1) is 16.7. The maximum absolute atomic E-state index is 11.5. The highest BCUT2D eigenvalue weighted by Gasteiger charge is 2.07. The molecule has 0 radical (unpaired) electrons. The van der Waals surface area contributed by atoms with Crippen molar-refractivity contribution >= 4 is 12.0 Å². The van der Waals surface area contributed by atoms with Crippen LogP contribution >= 0.6 is 0 Å². The smallest absolute Gasteiger partial charge is 0.329 e. The molecule has 0 fully saturated rings. The summed E-state index contributed by atoms with van der Waals surface area (Å²) < 4.78 is 10.1. The van der Waals surface area contributed by atoms with E-state index < -0.39 is 5.97 Å². The van der Waals surface area contributed by atoms with Gasteiger partial charge in [-0.05, 0) is 13.8 Å². The quantitative estimate of drug-likeness (QED) is 0.578. The number of nitrogens with zero attached hydrogens (tertiary/aromatic N) is 1. The average Bonchev–Trinajstić information content (AvgIpc) is 2.27. The third-order valence-corrected chi connectivity index (χ3v) is 1.97. The molecule has 2 N–H and O–H groups in total. The number of ether oxygens (including phenoxy) is 2. The van der Waals surface area contributed by atoms with Crippen LogP contribution in [0.15, 0.2) is 0 Å². The fraction of sp³-hybridized carbons (Fsp3) is 0.818. The number of nitrogens with one attached hydrogen (secondary N) is 1. The van der Waals surface area contributed by atoms with Crippen LogP contribution in [0.3, 0.4) is 0 Å². The van der Waals surface area contributed by atoms with Gasteiger partial charge in [-0.1, -0.05) is 0 Å². The Bertz CT molecular complexity index is 258. The van der Waals surface area contributed by atoms with Gasteiger partial charge in [-0.25, -0.2) is 9.59 Å². The van der Waals surface area contributed by atoms with Crippen LogP contribution in [-0.4, -0.2) is 68.1 Å². The Kier molecular flexibility index (Phi) is 8.95. The number of amides is 2. The largest absolute Gasteiger partial charge is 0.480 e. The molecule has 0 aromatic heterocycles. The second-order valence-corrected chi connectivity index (χ2v) is 4.02. The molecule has 0 aliphatic heterocycles. The van der Waals surface area contributed by atoms with Crippen molar-refractivity contribution in [3.63, 3.8) is 0 Å². The first-order chi connectivity index (χ1) is 8.43. The van der Waals surface area contributed by atoms with Crippen molar-refractivity contribution in [1.82, 2.24) is 10.2 Å². The van der Waals surface area contributed by atoms with Crippen LogP contribution in [0.4, 0.5) is 4.79 Å². The lowest BCUT2D eigenvalue weighted by molar-refractivity contribution is -0.142. The van der Waals surface area contributed by atoms with E-state index in [-0.39, 0.29) is 31.9 Å². The lowest BCUT2D eigenvalue weighted by Gasteiger charge is -2.18. The zero-order chi connectivity index (χ0) is 14.0. The van der Waals surface area contributed by atoms with Gasteiger partial charge in [-0.3, -0.25) is 0 Å². The van der Waals surface area contributed by atoms with Crippen LogP contribution in [0.5, 0.6) is 0 Å². The number of aliphatic carboxylic acids is 1. The molecule has 18 heavy (non-hydrogen) atoms. The predicted octanol–water partition coefficient (Wildman–Crippen LogP) is 0.154. The van der Waals surface area contributed by atoms with Crippen molar-refractivity contribution < 1.29 is 24.2 Å². The number of hydrogen-bond donors (Lipinski definition) is 2. The predicted molar refractivity (Wildman–Crippen MR) is 65.6 cm³/mol. The van der Waals surface area contributed by atoms with Crippen molar-refractivity contribution in [2.75, 3.05) is 40.0 Å². The molecule has 0 saturated carbocycles. The van der Waals surface area contributed by atoms with Crippen LogP contribution in [0.1, 0.15) is 13.8 Å². The number of likely N-dealkylation sites (N-methyl/N-ethyl adjacent to an activating group) is 1. The molecule has 0 aliphatic rings. The van der Waals surface area contributed by atoms with Crippen molar-refractivity contribution in [2.24, 2.45) is 0 Å². The van der Waals surface area contributed by atoms with Gasteiger partial charge < -0.3 is 24.8 Å². The number of carbonyl (C=O) groups is 2. The Hall–Kier alpha value is -1.34. The molecule has 0 aliphatic carbocycles. The summed E-state index contributed by atoms with van der Waals surface area (Å²) in [5.41, 5.74) is 0. The zero-order valence-electron chi connectivity index (χ0n) is 11.1. The normalized spacial score (nSPS) is 10.4. The molecule has 7 nitrogen and oxygen atoms in total. The zero-order valence-corrected chi connectivity index (χ0v) is 11.1. The summed E-state index contributed by atoms with van der Waals surface area (Å²) >= 11 is 0. The maximum atomic E-state index is 11.5. The highest BCUT2D eigenvalue weighted by molar-refractivity contribution is 5.73. The van der Waals surface area contributed by atoms with E-state index in [0.29, 0.717) is 13.2 Å². The molecule has 2 amide bonds. The molecule has 0 rings (SSSR count). The average molecular weight is 262 g/mol. The first-order valence-corrected chi connectivity index (χ1v) is 5.83. The van der Waals surface area contributed by atoms with Gasteiger partial charge in [0.15, 0.2) is 0 Å². The number of carboxylic acid groups (broad SMARTS) is 1. The van der Waals surface area contributed by atoms with Gasteiger partial charge in [-0.15, -0.1) is 0 Å². The second kappa shape index (κ2) is 9.67. The topological polar surface area (TPSA) is 88.1 Å². The molecule has 0 unspecified atom stereocenters. The molecule has 7 heteroatoms. The third-order valence-electron chi connectivity index (χ3n) is 1.97. The van der Waals surface area contributed by atoms with E-state index in [1.54, 1.807) is 7.05 Å². The van der Waals surface area contributed by atoms with E-state index in [4.69, 9.17) is 14.6 Å². The van der Waals surface area contributed by atoms with Gasteiger partial charge in [-0.2, -0.15) is 0 Å². The molecule has 0 aromatic carbocycles. The lowest BCUT2D eigenvalue weighted by Crippen LogP contribution is -2.40. The molecular weight excluding hydrogens is 240 g/mol. The SMILES string of the molecule is CC(C)OCCN(C)C(=O)NCCOCC(=O)O.